The van der Waals surface area contributed by atoms with Gasteiger partial charge in [0.1, 0.15) is 0 Å². The van der Waals surface area contributed by atoms with Crippen molar-refractivity contribution < 1.29 is 49.2 Å². The van der Waals surface area contributed by atoms with E-state index in [0.29, 0.717) is 26.5 Å². The number of halogens is 3. The van der Waals surface area contributed by atoms with Gasteiger partial charge in [-0.2, -0.15) is 0 Å². The van der Waals surface area contributed by atoms with Gasteiger partial charge in [0.2, 0.25) is 0 Å². The molecule has 0 heterocycles. The van der Waals surface area contributed by atoms with Crippen molar-refractivity contribution in [1.82, 2.24) is 0 Å². The van der Waals surface area contributed by atoms with Crippen LogP contribution in [0.1, 0.15) is 31.8 Å². The molecule has 0 aliphatic carbocycles. The van der Waals surface area contributed by atoms with Crippen LogP contribution in [-0.4, -0.2) is 35.1 Å². The van der Waals surface area contributed by atoms with Crippen LogP contribution in [0.25, 0.3) is 10.4 Å². The van der Waals surface area contributed by atoms with Crippen molar-refractivity contribution in [3.8, 4) is 0 Å². The molecule has 0 amide bonds. The molecule has 0 aliphatic rings. The predicted octanol–water partition coefficient (Wildman–Crippen LogP) is 2.52. The van der Waals surface area contributed by atoms with Crippen molar-refractivity contribution in [1.29, 1.82) is 0 Å². The number of nitrogens with zero attached hydrogens (tertiary/aromatic N) is 3. The van der Waals surface area contributed by atoms with Gasteiger partial charge in [0, 0.05) is 20.3 Å². The SMILES string of the molecule is COC(=O)c1cc(Cl)ccc1CBr.[Li+].[N-]=[N+]=NCc1ccc(Cl)cc1C(=O)O.[OH-].[OH-]. The van der Waals surface area contributed by atoms with Crippen molar-refractivity contribution in [2.75, 3.05) is 7.11 Å². The Hall–Kier alpha value is -1.73. The van der Waals surface area contributed by atoms with Crippen LogP contribution < -0.4 is 18.9 Å². The number of hydrogen-bond acceptors (Lipinski definition) is 6. The van der Waals surface area contributed by atoms with E-state index >= 15 is 0 Å². The van der Waals surface area contributed by atoms with Crippen molar-refractivity contribution in [3.05, 3.63) is 79.1 Å². The van der Waals surface area contributed by atoms with E-state index in [1.54, 1.807) is 24.3 Å². The van der Waals surface area contributed by atoms with E-state index in [1.165, 1.54) is 19.2 Å². The van der Waals surface area contributed by atoms with Crippen LogP contribution >= 0.6 is 39.1 Å². The average molecular weight is 516 g/mol. The molecule has 2 rings (SSSR count). The minimum atomic E-state index is -1.09. The standard InChI is InChI=1S/C9H8BrClO2.C8H6ClN3O2.Li.2H2O/c1-13-9(12)8-4-7(11)3-2-6(8)5-10;9-6-2-1-5(4-11-12-10)7(3-6)8(13)14;;;/h2-4H,5H2,1H3;1-3H,4H2,(H,13,14);;2*1H2/q;;+1;;/p-2. The Morgan fingerprint density at radius 1 is 1.10 bits per heavy atom. The second kappa shape index (κ2) is 17.0. The molecule has 2 aromatic rings. The smallest absolute Gasteiger partial charge is 0.870 e. The first-order valence-electron chi connectivity index (χ1n) is 7.29. The number of aromatic carboxylic acids is 1. The number of ether oxygens (including phenoxy) is 1. The van der Waals surface area contributed by atoms with Gasteiger partial charge in [-0.05, 0) is 40.9 Å². The quantitative estimate of drug-likeness (QED) is 0.160. The number of carboxylic acids is 1. The maximum atomic E-state index is 11.2. The van der Waals surface area contributed by atoms with E-state index in [-0.39, 0.29) is 47.9 Å². The summed E-state index contributed by atoms with van der Waals surface area (Å²) < 4.78 is 4.62. The second-order valence-electron chi connectivity index (χ2n) is 4.92. The molecule has 0 unspecified atom stereocenters. The topological polar surface area (TPSA) is 172 Å². The monoisotopic (exact) mass is 514 g/mol. The van der Waals surface area contributed by atoms with Gasteiger partial charge in [0.25, 0.3) is 0 Å². The largest absolute Gasteiger partial charge is 1.00 e. The Morgan fingerprint density at radius 3 is 2.03 bits per heavy atom. The number of alkyl halides is 1. The Balaban J connectivity index is -0.000000443. The molecule has 3 N–H and O–H groups in total. The molecule has 9 nitrogen and oxygen atoms in total. The summed E-state index contributed by atoms with van der Waals surface area (Å²) in [5.41, 5.74) is 9.98. The maximum Gasteiger partial charge on any atom is 1.00 e. The summed E-state index contributed by atoms with van der Waals surface area (Å²) in [5.74, 6) is -1.45. The third-order valence-electron chi connectivity index (χ3n) is 3.23. The van der Waals surface area contributed by atoms with Crippen LogP contribution in [0.15, 0.2) is 41.5 Å². The Bertz CT molecular complexity index is 898. The summed E-state index contributed by atoms with van der Waals surface area (Å²) in [6.45, 7) is 0.00923. The number of azide groups is 1. The summed E-state index contributed by atoms with van der Waals surface area (Å²) in [6, 6.07) is 9.54. The fourth-order valence-corrected chi connectivity index (χ4v) is 2.79. The number of carbonyl (C=O) groups excluding carboxylic acids is 1. The van der Waals surface area contributed by atoms with E-state index in [9.17, 15) is 9.59 Å². The third kappa shape index (κ3) is 10.3. The fraction of sp³-hybridized carbons (Fsp3) is 0.176. The molecular weight excluding hydrogens is 500 g/mol. The summed E-state index contributed by atoms with van der Waals surface area (Å²) in [7, 11) is 1.35. The van der Waals surface area contributed by atoms with Crippen LogP contribution in [0.3, 0.4) is 0 Å². The predicted molar refractivity (Wildman–Crippen MR) is 111 cm³/mol. The first kappa shape index (κ1) is 32.9. The molecule has 0 saturated carbocycles. The first-order chi connectivity index (χ1) is 12.8. The van der Waals surface area contributed by atoms with E-state index in [0.717, 1.165) is 5.56 Å². The summed E-state index contributed by atoms with van der Waals surface area (Å²) >= 11 is 14.7. The normalized spacial score (nSPS) is 8.53. The van der Waals surface area contributed by atoms with Gasteiger partial charge in [0.05, 0.1) is 24.8 Å². The van der Waals surface area contributed by atoms with Gasteiger partial charge in [-0.3, -0.25) is 0 Å². The summed E-state index contributed by atoms with van der Waals surface area (Å²) in [4.78, 5) is 24.5. The van der Waals surface area contributed by atoms with Crippen LogP contribution in [0, 0.1) is 0 Å². The molecule has 0 atom stereocenters. The van der Waals surface area contributed by atoms with Crippen molar-refractivity contribution in [3.63, 3.8) is 0 Å². The molecule has 0 aliphatic heterocycles. The Kier molecular flexibility index (Phi) is 18.7. The molecule has 13 heteroatoms. The molecule has 0 radical (unpaired) electrons. The molecule has 2 aromatic carbocycles. The molecule has 30 heavy (non-hydrogen) atoms. The summed E-state index contributed by atoms with van der Waals surface area (Å²) in [5, 5.41) is 13.6. The van der Waals surface area contributed by atoms with Gasteiger partial charge >= 0.3 is 30.8 Å². The minimum Gasteiger partial charge on any atom is -0.870 e. The van der Waals surface area contributed by atoms with Crippen LogP contribution in [0.4, 0.5) is 0 Å². The van der Waals surface area contributed by atoms with Gasteiger partial charge in [-0.1, -0.05) is 56.4 Å². The fourth-order valence-electron chi connectivity index (χ4n) is 1.96. The van der Waals surface area contributed by atoms with Crippen LogP contribution in [0.5, 0.6) is 0 Å². The molecule has 0 aromatic heterocycles. The molecule has 0 saturated heterocycles. The number of methoxy groups -OCH3 is 1. The van der Waals surface area contributed by atoms with Crippen LogP contribution in [0.2, 0.25) is 10.0 Å². The van der Waals surface area contributed by atoms with Crippen molar-refractivity contribution in [2.45, 2.75) is 11.9 Å². The summed E-state index contributed by atoms with van der Waals surface area (Å²) in [6.07, 6.45) is 0. The number of rotatable bonds is 5. The zero-order valence-corrected chi connectivity index (χ0v) is 19.0. The molecule has 0 fully saturated rings. The Morgan fingerprint density at radius 2 is 1.60 bits per heavy atom. The number of hydrogen-bond donors (Lipinski definition) is 1. The van der Waals surface area contributed by atoms with E-state index < -0.39 is 5.97 Å². The van der Waals surface area contributed by atoms with Crippen molar-refractivity contribution >= 4 is 51.1 Å². The van der Waals surface area contributed by atoms with Gasteiger partial charge in [0.15, 0.2) is 0 Å². The first-order valence-corrected chi connectivity index (χ1v) is 9.17. The van der Waals surface area contributed by atoms with E-state index in [4.69, 9.17) is 33.8 Å². The zero-order valence-electron chi connectivity index (χ0n) is 15.9. The van der Waals surface area contributed by atoms with Gasteiger partial charge < -0.3 is 20.8 Å². The molecule has 0 spiro atoms. The minimum absolute atomic E-state index is 0. The Labute approximate surface area is 202 Å². The van der Waals surface area contributed by atoms with Gasteiger partial charge in [-0.15, -0.1) is 0 Å². The van der Waals surface area contributed by atoms with Crippen LogP contribution in [-0.2, 0) is 16.6 Å². The second-order valence-corrected chi connectivity index (χ2v) is 6.36. The number of carbonyl (C=O) groups is 2. The number of benzene rings is 2. The zero-order chi connectivity index (χ0) is 20.4. The van der Waals surface area contributed by atoms with E-state index in [2.05, 4.69) is 30.7 Å². The van der Waals surface area contributed by atoms with Crippen molar-refractivity contribution in [2.24, 2.45) is 5.11 Å². The number of esters is 1. The third-order valence-corrected chi connectivity index (χ3v) is 4.30. The van der Waals surface area contributed by atoms with Gasteiger partial charge in [-0.25, -0.2) is 9.59 Å². The average Bonchev–Trinajstić information content (AvgIpc) is 2.66. The molecular formula is C17H16BrCl2LiN3O6-. The maximum absolute atomic E-state index is 11.2. The molecule has 158 valence electrons. The van der Waals surface area contributed by atoms with E-state index in [1.807, 2.05) is 0 Å². The molecule has 0 bridgehead atoms. The number of carboxylic acid groups (broad SMARTS) is 1.